The van der Waals surface area contributed by atoms with Crippen LogP contribution in [0.15, 0.2) is 48.6 Å². The van der Waals surface area contributed by atoms with Gasteiger partial charge in [-0.15, -0.1) is 0 Å². The highest BCUT2D eigenvalue weighted by Gasteiger charge is 2.51. The third kappa shape index (κ3) is 50.1. The highest BCUT2D eigenvalue weighted by Crippen LogP contribution is 2.30. The normalized spacial score (nSPS) is 22.3. The first kappa shape index (κ1) is 91.0. The third-order valence-corrected chi connectivity index (χ3v) is 20.2. The number of amides is 1. The van der Waals surface area contributed by atoms with Crippen LogP contribution in [0.25, 0.3) is 0 Å². The maximum Gasteiger partial charge on any atom is 0.220 e. The smallest absolute Gasteiger partial charge is 0.220 e. The topological polar surface area (TPSA) is 228 Å². The number of aliphatic hydroxyl groups excluding tert-OH is 8. The number of carbonyl (C=O) groups excluding carboxylic acids is 1. The fourth-order valence-electron chi connectivity index (χ4n) is 13.7. The van der Waals surface area contributed by atoms with E-state index in [1.807, 2.05) is 6.08 Å². The van der Waals surface area contributed by atoms with Gasteiger partial charge in [-0.25, -0.2) is 0 Å². The van der Waals surface area contributed by atoms with E-state index >= 15 is 0 Å². The SMILES string of the molecule is CCCCCCCCCC/C=C\CCCCCCCCCCCCCCCCCCCCCCCCCC(=O)NC(COC1OC(CO)C(OC2OC(CO)C(O)C(O)C2O)C(O)C1O)C(O)/C=C/CC/C=C/CC/C=C/CCCCCCCCCCCCCCCCCCCC. The molecule has 2 saturated heterocycles. The van der Waals surface area contributed by atoms with Crippen molar-refractivity contribution in [1.29, 1.82) is 0 Å². The number of nitrogens with one attached hydrogen (secondary N) is 1. The average Bonchev–Trinajstić information content (AvgIpc) is 0.793. The van der Waals surface area contributed by atoms with Crippen LogP contribution in [0.3, 0.4) is 0 Å². The molecule has 2 aliphatic rings. The molecule has 12 atom stereocenters. The second-order valence-electron chi connectivity index (χ2n) is 29.2. The van der Waals surface area contributed by atoms with E-state index in [1.54, 1.807) is 6.08 Å². The van der Waals surface area contributed by atoms with Crippen LogP contribution in [0, 0.1) is 0 Å². The molecule has 0 saturated carbocycles. The standard InChI is InChI=1S/C83H155NO13/c1-3-5-7-9-11-13-15-17-19-21-23-25-27-29-31-33-34-35-36-37-38-39-41-43-45-47-49-51-53-55-57-59-61-63-65-67-75(88)84-71(70-94-82-80(93)78(91)81(74(69-86)96-82)97-83-79(92)77(90)76(89)73(68-85)95-83)72(87)66-64-62-60-58-56-54-52-50-48-46-44-42-40-32-30-28-26-24-22-20-18-16-14-12-10-8-6-4-2/h21,23,48,50,56,58,64,66,71-74,76-83,85-87,89-93H,3-20,22,24-47,49,51-55,57,59-63,65,67-70H2,1-2H3,(H,84,88)/b23-21-,50-48+,58-56+,66-64+. The minimum absolute atomic E-state index is 0.246. The summed E-state index contributed by atoms with van der Waals surface area (Å²) in [5, 5.41) is 87.7. The Morgan fingerprint density at radius 2 is 0.660 bits per heavy atom. The van der Waals surface area contributed by atoms with Crippen molar-refractivity contribution < 1.29 is 64.6 Å². The molecule has 9 N–H and O–H groups in total. The fraction of sp³-hybridized carbons (Fsp3) is 0.892. The highest BCUT2D eigenvalue weighted by atomic mass is 16.7. The van der Waals surface area contributed by atoms with Crippen molar-refractivity contribution in [3.8, 4) is 0 Å². The van der Waals surface area contributed by atoms with Crippen LogP contribution in [0.2, 0.25) is 0 Å². The minimum atomic E-state index is -1.79. The van der Waals surface area contributed by atoms with Crippen molar-refractivity contribution in [2.75, 3.05) is 19.8 Å². The van der Waals surface area contributed by atoms with Crippen molar-refractivity contribution in [1.82, 2.24) is 5.32 Å². The molecule has 0 aromatic rings. The van der Waals surface area contributed by atoms with Gasteiger partial charge in [-0.3, -0.25) is 4.79 Å². The maximum absolute atomic E-state index is 13.4. The molecule has 14 nitrogen and oxygen atoms in total. The molecule has 0 radical (unpaired) electrons. The summed E-state index contributed by atoms with van der Waals surface area (Å²) in [6.07, 6.45) is 73.6. The van der Waals surface area contributed by atoms with Crippen LogP contribution in [-0.4, -0.2) is 140 Å². The van der Waals surface area contributed by atoms with Gasteiger partial charge in [0, 0.05) is 6.42 Å². The Balaban J connectivity index is 1.61. The molecule has 0 aromatic heterocycles. The van der Waals surface area contributed by atoms with Gasteiger partial charge in [0.2, 0.25) is 5.91 Å². The summed E-state index contributed by atoms with van der Waals surface area (Å²) in [4.78, 5) is 13.4. The number of allylic oxidation sites excluding steroid dienone is 7. The van der Waals surface area contributed by atoms with Gasteiger partial charge in [0.1, 0.15) is 48.8 Å². The lowest BCUT2D eigenvalue weighted by molar-refractivity contribution is -0.359. The van der Waals surface area contributed by atoms with E-state index in [-0.39, 0.29) is 18.9 Å². The van der Waals surface area contributed by atoms with Crippen LogP contribution in [-0.2, 0) is 23.7 Å². The van der Waals surface area contributed by atoms with E-state index in [0.29, 0.717) is 12.8 Å². The van der Waals surface area contributed by atoms with E-state index < -0.39 is 86.8 Å². The second-order valence-corrected chi connectivity index (χ2v) is 29.2. The Labute approximate surface area is 594 Å². The van der Waals surface area contributed by atoms with Crippen molar-refractivity contribution >= 4 is 5.91 Å². The molecular weight excluding hydrogens is 1220 g/mol. The Hall–Kier alpha value is -2.05. The highest BCUT2D eigenvalue weighted by molar-refractivity contribution is 5.76. The zero-order valence-corrected chi connectivity index (χ0v) is 62.6. The summed E-state index contributed by atoms with van der Waals surface area (Å²) >= 11 is 0. The first-order chi connectivity index (χ1) is 47.6. The number of carbonyl (C=O) groups is 1. The molecule has 97 heavy (non-hydrogen) atoms. The summed E-state index contributed by atoms with van der Waals surface area (Å²) in [5.74, 6) is -0.246. The summed E-state index contributed by atoms with van der Waals surface area (Å²) in [7, 11) is 0. The lowest BCUT2D eigenvalue weighted by atomic mass is 9.97. The molecule has 12 unspecified atom stereocenters. The molecule has 570 valence electrons. The number of unbranched alkanes of at least 4 members (excludes halogenated alkanes) is 51. The van der Waals surface area contributed by atoms with Crippen molar-refractivity contribution in [2.24, 2.45) is 0 Å². The Morgan fingerprint density at radius 1 is 0.361 bits per heavy atom. The Morgan fingerprint density at radius 3 is 1.01 bits per heavy atom. The van der Waals surface area contributed by atoms with E-state index in [0.717, 1.165) is 44.9 Å². The quantitative estimate of drug-likeness (QED) is 0.0204. The number of rotatable bonds is 70. The van der Waals surface area contributed by atoms with Gasteiger partial charge in [-0.05, 0) is 70.6 Å². The van der Waals surface area contributed by atoms with Crippen LogP contribution >= 0.6 is 0 Å². The third-order valence-electron chi connectivity index (χ3n) is 20.2. The van der Waals surface area contributed by atoms with E-state index in [9.17, 15) is 45.6 Å². The molecule has 0 spiro atoms. The van der Waals surface area contributed by atoms with Crippen molar-refractivity contribution in [3.63, 3.8) is 0 Å². The van der Waals surface area contributed by atoms with E-state index in [2.05, 4.69) is 55.6 Å². The number of hydrogen-bond donors (Lipinski definition) is 9. The second kappa shape index (κ2) is 67.1. The van der Waals surface area contributed by atoms with Gasteiger partial charge in [0.05, 0.1) is 32.0 Å². The number of hydrogen-bond acceptors (Lipinski definition) is 13. The van der Waals surface area contributed by atoms with Crippen molar-refractivity contribution in [2.45, 2.75) is 453 Å². The van der Waals surface area contributed by atoms with Crippen LogP contribution in [0.5, 0.6) is 0 Å². The van der Waals surface area contributed by atoms with Gasteiger partial charge in [-0.1, -0.05) is 351 Å². The lowest BCUT2D eigenvalue weighted by Gasteiger charge is -2.46. The number of ether oxygens (including phenoxy) is 4. The first-order valence-corrected chi connectivity index (χ1v) is 41.4. The largest absolute Gasteiger partial charge is 0.394 e. The first-order valence-electron chi connectivity index (χ1n) is 41.4. The molecule has 2 heterocycles. The van der Waals surface area contributed by atoms with Gasteiger partial charge < -0.3 is 65.1 Å². The molecule has 0 aromatic carbocycles. The number of aliphatic hydroxyl groups is 8. The van der Waals surface area contributed by atoms with Crippen LogP contribution in [0.1, 0.15) is 380 Å². The summed E-state index contributed by atoms with van der Waals surface area (Å²) in [5.41, 5.74) is 0. The van der Waals surface area contributed by atoms with Gasteiger partial charge in [0.15, 0.2) is 12.6 Å². The molecule has 1 amide bonds. The Bertz CT molecular complexity index is 1810. The zero-order valence-electron chi connectivity index (χ0n) is 62.6. The fourth-order valence-corrected chi connectivity index (χ4v) is 13.7. The lowest BCUT2D eigenvalue weighted by Crippen LogP contribution is -2.65. The molecule has 14 heteroatoms. The van der Waals surface area contributed by atoms with E-state index in [1.165, 1.54) is 302 Å². The molecule has 2 rings (SSSR count). The maximum atomic E-state index is 13.4. The zero-order chi connectivity index (χ0) is 70.1. The summed E-state index contributed by atoms with van der Waals surface area (Å²) in [6, 6.07) is -0.939. The van der Waals surface area contributed by atoms with Crippen LogP contribution < -0.4 is 5.32 Å². The van der Waals surface area contributed by atoms with Crippen molar-refractivity contribution in [3.05, 3.63) is 48.6 Å². The van der Waals surface area contributed by atoms with E-state index in [4.69, 9.17) is 18.9 Å². The predicted molar refractivity (Wildman–Crippen MR) is 401 cm³/mol. The van der Waals surface area contributed by atoms with Gasteiger partial charge in [0.25, 0.3) is 0 Å². The molecule has 0 aliphatic carbocycles. The molecule has 2 aliphatic heterocycles. The predicted octanol–water partition coefficient (Wildman–Crippen LogP) is 19.0. The summed E-state index contributed by atoms with van der Waals surface area (Å²) in [6.45, 7) is 2.84. The molecular formula is C83H155NO13. The molecule has 2 fully saturated rings. The monoisotopic (exact) mass is 1370 g/mol. The average molecular weight is 1380 g/mol. The van der Waals surface area contributed by atoms with Gasteiger partial charge >= 0.3 is 0 Å². The van der Waals surface area contributed by atoms with Crippen LogP contribution in [0.4, 0.5) is 0 Å². The minimum Gasteiger partial charge on any atom is -0.394 e. The Kier molecular flexibility index (Phi) is 63.0. The summed E-state index contributed by atoms with van der Waals surface area (Å²) < 4.78 is 22.9. The van der Waals surface area contributed by atoms with Gasteiger partial charge in [-0.2, -0.15) is 0 Å². The molecule has 0 bridgehead atoms.